The Morgan fingerprint density at radius 2 is 2.25 bits per heavy atom. The zero-order valence-corrected chi connectivity index (χ0v) is 7.72. The molecule has 0 radical (unpaired) electrons. The van der Waals surface area contributed by atoms with Crippen molar-refractivity contribution in [2.75, 3.05) is 6.54 Å². The van der Waals surface area contributed by atoms with Gasteiger partial charge in [0.05, 0.1) is 0 Å². The predicted molar refractivity (Wildman–Crippen MR) is 51.3 cm³/mol. The van der Waals surface area contributed by atoms with Crippen molar-refractivity contribution in [2.24, 2.45) is 0 Å². The topological polar surface area (TPSA) is 21.9 Å². The zero-order chi connectivity index (χ0) is 8.60. The Morgan fingerprint density at radius 1 is 1.50 bits per heavy atom. The minimum absolute atomic E-state index is 0.397. The molecule has 0 bridgehead atoms. The lowest BCUT2D eigenvalue weighted by Gasteiger charge is -2.06. The summed E-state index contributed by atoms with van der Waals surface area (Å²) in [6.07, 6.45) is 1.16. The van der Waals surface area contributed by atoms with Crippen molar-refractivity contribution < 1.29 is 0 Å². The normalized spacial score (nSPS) is 27.2. The molecule has 1 aromatic carbocycles. The third-order valence-electron chi connectivity index (χ3n) is 2.46. The maximum Gasteiger partial charge on any atom is 0.0319 e. The van der Waals surface area contributed by atoms with Gasteiger partial charge in [-0.15, -0.1) is 0 Å². The molecular weight excluding hydrogens is 146 g/mol. The molecule has 1 saturated heterocycles. The number of hydrogen-bond acceptors (Lipinski definition) is 1. The van der Waals surface area contributed by atoms with Gasteiger partial charge < -0.3 is 5.32 Å². The Hall–Kier alpha value is -0.820. The first-order valence-electron chi connectivity index (χ1n) is 4.49. The van der Waals surface area contributed by atoms with E-state index in [-0.39, 0.29) is 0 Å². The summed E-state index contributed by atoms with van der Waals surface area (Å²) in [6, 6.07) is 8.76. The minimum atomic E-state index is 0.397. The highest BCUT2D eigenvalue weighted by atomic mass is 15.1. The molecule has 1 N–H and O–H groups in total. The first kappa shape index (κ1) is 7.81. The lowest BCUT2D eigenvalue weighted by molar-refractivity contribution is 0.691. The molecule has 2 rings (SSSR count). The fourth-order valence-corrected chi connectivity index (χ4v) is 1.55. The molecule has 0 amide bonds. The molecule has 1 aromatic rings. The first-order valence-corrected chi connectivity index (χ1v) is 4.49. The van der Waals surface area contributed by atoms with Crippen LogP contribution in [0.25, 0.3) is 0 Å². The van der Waals surface area contributed by atoms with E-state index >= 15 is 0 Å². The van der Waals surface area contributed by atoms with Crippen LogP contribution < -0.4 is 5.32 Å². The maximum absolute atomic E-state index is 3.38. The van der Waals surface area contributed by atoms with Gasteiger partial charge in [-0.25, -0.2) is 0 Å². The molecule has 0 aromatic heterocycles. The Labute approximate surface area is 73.8 Å². The van der Waals surface area contributed by atoms with E-state index in [9.17, 15) is 0 Å². The Bertz CT molecular complexity index is 287. The molecule has 0 saturated carbocycles. The highest BCUT2D eigenvalue weighted by Gasteiger charge is 2.35. The van der Waals surface area contributed by atoms with Gasteiger partial charge in [0.1, 0.15) is 0 Å². The largest absolute Gasteiger partial charge is 0.308 e. The highest BCUT2D eigenvalue weighted by Crippen LogP contribution is 2.21. The Kier molecular flexibility index (Phi) is 1.69. The van der Waals surface area contributed by atoms with Gasteiger partial charge in [0.25, 0.3) is 0 Å². The van der Waals surface area contributed by atoms with E-state index < -0.39 is 0 Å². The van der Waals surface area contributed by atoms with Crippen LogP contribution in [0, 0.1) is 6.92 Å². The highest BCUT2D eigenvalue weighted by molar-refractivity contribution is 5.25. The van der Waals surface area contributed by atoms with Crippen LogP contribution in [0.15, 0.2) is 24.3 Å². The molecule has 0 aliphatic carbocycles. The number of rotatable bonds is 2. The van der Waals surface area contributed by atoms with E-state index in [0.29, 0.717) is 5.54 Å². The molecule has 1 aliphatic rings. The standard InChI is InChI=1S/C11H15N/c1-9-4-3-5-10(6-9)7-11(2)8-12-11/h3-6,12H,7-8H2,1-2H3. The van der Waals surface area contributed by atoms with Gasteiger partial charge in [-0.1, -0.05) is 29.8 Å². The number of hydrogen-bond donors (Lipinski definition) is 1. The van der Waals surface area contributed by atoms with Gasteiger partial charge in [-0.3, -0.25) is 0 Å². The van der Waals surface area contributed by atoms with E-state index in [0.717, 1.165) is 6.42 Å². The summed E-state index contributed by atoms with van der Waals surface area (Å²) >= 11 is 0. The summed E-state index contributed by atoms with van der Waals surface area (Å²) in [5, 5.41) is 3.38. The third kappa shape index (κ3) is 1.67. The third-order valence-corrected chi connectivity index (χ3v) is 2.46. The molecule has 1 unspecified atom stereocenters. The van der Waals surface area contributed by atoms with Gasteiger partial charge in [0.2, 0.25) is 0 Å². The van der Waals surface area contributed by atoms with Crippen LogP contribution in [-0.4, -0.2) is 12.1 Å². The summed E-state index contributed by atoms with van der Waals surface area (Å²) in [6.45, 7) is 5.59. The van der Waals surface area contributed by atoms with Crippen molar-refractivity contribution in [1.29, 1.82) is 0 Å². The summed E-state index contributed by atoms with van der Waals surface area (Å²) in [7, 11) is 0. The van der Waals surface area contributed by atoms with E-state index in [1.807, 2.05) is 0 Å². The fraction of sp³-hybridized carbons (Fsp3) is 0.455. The van der Waals surface area contributed by atoms with Crippen molar-refractivity contribution in [2.45, 2.75) is 25.8 Å². The molecule has 1 heterocycles. The molecule has 64 valence electrons. The summed E-state index contributed by atoms with van der Waals surface area (Å²) in [4.78, 5) is 0. The van der Waals surface area contributed by atoms with Crippen LogP contribution >= 0.6 is 0 Å². The average molecular weight is 161 g/mol. The van der Waals surface area contributed by atoms with Gasteiger partial charge in [-0.05, 0) is 25.8 Å². The van der Waals surface area contributed by atoms with Gasteiger partial charge in [0, 0.05) is 12.1 Å². The van der Waals surface area contributed by atoms with Crippen LogP contribution in [0.4, 0.5) is 0 Å². The summed E-state index contributed by atoms with van der Waals surface area (Å²) < 4.78 is 0. The minimum Gasteiger partial charge on any atom is -0.308 e. The average Bonchev–Trinajstić information content (AvgIpc) is 2.67. The van der Waals surface area contributed by atoms with E-state index in [1.165, 1.54) is 17.7 Å². The number of aryl methyl sites for hydroxylation is 1. The monoisotopic (exact) mass is 161 g/mol. The van der Waals surface area contributed by atoms with Crippen LogP contribution in [0.1, 0.15) is 18.1 Å². The van der Waals surface area contributed by atoms with Crippen molar-refractivity contribution >= 4 is 0 Å². The van der Waals surface area contributed by atoms with Crippen molar-refractivity contribution in [3.8, 4) is 0 Å². The molecule has 12 heavy (non-hydrogen) atoms. The summed E-state index contributed by atoms with van der Waals surface area (Å²) in [5.41, 5.74) is 3.20. The molecule has 1 fully saturated rings. The fourth-order valence-electron chi connectivity index (χ4n) is 1.55. The number of nitrogens with one attached hydrogen (secondary N) is 1. The quantitative estimate of drug-likeness (QED) is 0.657. The molecule has 0 spiro atoms. The van der Waals surface area contributed by atoms with Gasteiger partial charge in [0.15, 0.2) is 0 Å². The maximum atomic E-state index is 3.38. The van der Waals surface area contributed by atoms with Crippen LogP contribution in [-0.2, 0) is 6.42 Å². The van der Waals surface area contributed by atoms with E-state index in [4.69, 9.17) is 0 Å². The van der Waals surface area contributed by atoms with E-state index in [2.05, 4.69) is 43.4 Å². The van der Waals surface area contributed by atoms with Crippen LogP contribution in [0.5, 0.6) is 0 Å². The van der Waals surface area contributed by atoms with Crippen LogP contribution in [0.2, 0.25) is 0 Å². The lowest BCUT2D eigenvalue weighted by Crippen LogP contribution is -2.13. The molecule has 1 nitrogen and oxygen atoms in total. The molecular formula is C11H15N. The second kappa shape index (κ2) is 2.60. The molecule has 1 aliphatic heterocycles. The van der Waals surface area contributed by atoms with Crippen molar-refractivity contribution in [3.63, 3.8) is 0 Å². The Morgan fingerprint density at radius 3 is 2.83 bits per heavy atom. The smallest absolute Gasteiger partial charge is 0.0319 e. The van der Waals surface area contributed by atoms with Crippen molar-refractivity contribution in [1.82, 2.24) is 5.32 Å². The predicted octanol–water partition coefficient (Wildman–Crippen LogP) is 1.90. The number of benzene rings is 1. The lowest BCUT2D eigenvalue weighted by atomic mass is 10.0. The van der Waals surface area contributed by atoms with Crippen molar-refractivity contribution in [3.05, 3.63) is 35.4 Å². The summed E-state index contributed by atoms with van der Waals surface area (Å²) in [5.74, 6) is 0. The zero-order valence-electron chi connectivity index (χ0n) is 7.72. The first-order chi connectivity index (χ1) is 5.68. The molecule has 1 atom stereocenters. The Balaban J connectivity index is 2.12. The second-order valence-electron chi connectivity index (χ2n) is 4.08. The SMILES string of the molecule is Cc1cccc(CC2(C)CN2)c1. The van der Waals surface area contributed by atoms with Crippen LogP contribution in [0.3, 0.4) is 0 Å². The van der Waals surface area contributed by atoms with Gasteiger partial charge in [-0.2, -0.15) is 0 Å². The molecule has 1 heteroatoms. The second-order valence-corrected chi connectivity index (χ2v) is 4.08. The van der Waals surface area contributed by atoms with Gasteiger partial charge >= 0.3 is 0 Å². The van der Waals surface area contributed by atoms with E-state index in [1.54, 1.807) is 0 Å².